The second-order valence-electron chi connectivity index (χ2n) is 3.33. The van der Waals surface area contributed by atoms with Gasteiger partial charge in [-0.3, -0.25) is 0 Å². The number of aliphatic hydroxyl groups is 1. The predicted octanol–water partition coefficient (Wildman–Crippen LogP) is 1.95. The van der Waals surface area contributed by atoms with Gasteiger partial charge in [-0.15, -0.1) is 0 Å². The number of aliphatic carboxylic acids is 1. The highest BCUT2D eigenvalue weighted by Crippen LogP contribution is 2.32. The number of rotatable bonds is 3. The highest BCUT2D eigenvalue weighted by atomic mass is 16.7. The Balaban J connectivity index is 2.12. The van der Waals surface area contributed by atoms with Crippen LogP contribution in [0.4, 0.5) is 0 Å². The Morgan fingerprint density at radius 2 is 2.00 bits per heavy atom. The molecule has 0 fully saturated rings. The number of ether oxygens (including phenoxy) is 2. The van der Waals surface area contributed by atoms with Crippen LogP contribution >= 0.6 is 0 Å². The van der Waals surface area contributed by atoms with Crippen molar-refractivity contribution in [3.8, 4) is 11.5 Å². The number of hydrogen-bond donors (Lipinski definition) is 2. The molecule has 1 aliphatic heterocycles. The Morgan fingerprint density at radius 3 is 2.76 bits per heavy atom. The third kappa shape index (κ3) is 2.57. The van der Waals surface area contributed by atoms with Crippen LogP contribution < -0.4 is 9.47 Å². The van der Waals surface area contributed by atoms with Gasteiger partial charge >= 0.3 is 5.97 Å². The van der Waals surface area contributed by atoms with Crippen LogP contribution in [0.2, 0.25) is 0 Å². The van der Waals surface area contributed by atoms with Crippen LogP contribution in [0.15, 0.2) is 36.1 Å². The van der Waals surface area contributed by atoms with Crippen LogP contribution in [0.5, 0.6) is 11.5 Å². The summed E-state index contributed by atoms with van der Waals surface area (Å²) in [4.78, 5) is 10.3. The average molecular weight is 234 g/mol. The zero-order chi connectivity index (χ0) is 12.3. The highest BCUT2D eigenvalue weighted by Gasteiger charge is 2.11. The molecule has 1 heterocycles. The Morgan fingerprint density at radius 1 is 1.24 bits per heavy atom. The number of benzene rings is 1. The minimum absolute atomic E-state index is 0.211. The molecule has 2 N–H and O–H groups in total. The molecule has 0 radical (unpaired) electrons. The van der Waals surface area contributed by atoms with Crippen LogP contribution in [0.1, 0.15) is 5.56 Å². The molecule has 0 saturated heterocycles. The summed E-state index contributed by atoms with van der Waals surface area (Å²) >= 11 is 0. The Bertz CT molecular complexity index is 502. The molecule has 0 aromatic heterocycles. The van der Waals surface area contributed by atoms with Crippen molar-refractivity contribution in [2.45, 2.75) is 0 Å². The van der Waals surface area contributed by atoms with Crippen LogP contribution in [-0.4, -0.2) is 23.0 Å². The molecule has 17 heavy (non-hydrogen) atoms. The van der Waals surface area contributed by atoms with Crippen LogP contribution in [0, 0.1) is 0 Å². The Kier molecular flexibility index (Phi) is 3.00. The summed E-state index contributed by atoms with van der Waals surface area (Å²) in [6, 6.07) is 5.34. The molecular formula is C12H10O5. The van der Waals surface area contributed by atoms with Gasteiger partial charge in [-0.25, -0.2) is 4.79 Å². The molecule has 0 atom stereocenters. The third-order valence-corrected chi connectivity index (χ3v) is 2.16. The number of fused-ring (bicyclic) bond motifs is 1. The van der Waals surface area contributed by atoms with Gasteiger partial charge in [-0.2, -0.15) is 0 Å². The number of aliphatic hydroxyl groups excluding tert-OH is 1. The van der Waals surface area contributed by atoms with Gasteiger partial charge < -0.3 is 19.7 Å². The monoisotopic (exact) mass is 234 g/mol. The molecule has 0 unspecified atom stereocenters. The lowest BCUT2D eigenvalue weighted by atomic mass is 10.2. The minimum atomic E-state index is -1.36. The number of carboxylic acid groups (broad SMARTS) is 1. The smallest absolute Gasteiger partial charge is 0.370 e. The van der Waals surface area contributed by atoms with E-state index in [2.05, 4.69) is 0 Å². The predicted molar refractivity (Wildman–Crippen MR) is 59.9 cm³/mol. The number of carbonyl (C=O) groups is 1. The van der Waals surface area contributed by atoms with Crippen molar-refractivity contribution in [2.24, 2.45) is 0 Å². The first kappa shape index (κ1) is 11.1. The maximum atomic E-state index is 10.3. The largest absolute Gasteiger partial charge is 0.502 e. The van der Waals surface area contributed by atoms with E-state index in [1.165, 1.54) is 6.08 Å². The lowest BCUT2D eigenvalue weighted by Crippen LogP contribution is -1.97. The number of allylic oxidation sites excluding steroid dienone is 2. The molecule has 0 aliphatic carbocycles. The molecule has 5 nitrogen and oxygen atoms in total. The minimum Gasteiger partial charge on any atom is -0.502 e. The molecule has 0 bridgehead atoms. The van der Waals surface area contributed by atoms with E-state index in [-0.39, 0.29) is 6.79 Å². The van der Waals surface area contributed by atoms with Crippen molar-refractivity contribution in [1.82, 2.24) is 0 Å². The van der Waals surface area contributed by atoms with Crippen molar-refractivity contribution < 1.29 is 24.5 Å². The topological polar surface area (TPSA) is 76.0 Å². The van der Waals surface area contributed by atoms with E-state index in [1.807, 2.05) is 0 Å². The first-order valence-corrected chi connectivity index (χ1v) is 4.87. The molecule has 88 valence electrons. The lowest BCUT2D eigenvalue weighted by Gasteiger charge is -1.96. The van der Waals surface area contributed by atoms with E-state index in [0.717, 1.165) is 11.6 Å². The number of hydrogen-bond acceptors (Lipinski definition) is 4. The first-order valence-electron chi connectivity index (χ1n) is 4.87. The van der Waals surface area contributed by atoms with E-state index >= 15 is 0 Å². The molecule has 1 aliphatic rings. The van der Waals surface area contributed by atoms with E-state index in [9.17, 15) is 4.79 Å². The van der Waals surface area contributed by atoms with Crippen LogP contribution in [-0.2, 0) is 4.79 Å². The SMILES string of the molecule is O=C(O)/C(O)=C/C=C/c1ccc2c(c1)OCO2. The van der Waals surface area contributed by atoms with E-state index in [0.29, 0.717) is 11.5 Å². The van der Waals surface area contributed by atoms with Gasteiger partial charge in [0, 0.05) is 0 Å². The lowest BCUT2D eigenvalue weighted by molar-refractivity contribution is -0.135. The summed E-state index contributed by atoms with van der Waals surface area (Å²) in [5, 5.41) is 17.3. The zero-order valence-corrected chi connectivity index (χ0v) is 8.79. The molecule has 1 aromatic carbocycles. The van der Waals surface area contributed by atoms with Crippen LogP contribution in [0.25, 0.3) is 6.08 Å². The maximum Gasteiger partial charge on any atom is 0.370 e. The third-order valence-electron chi connectivity index (χ3n) is 2.16. The van der Waals surface area contributed by atoms with E-state index < -0.39 is 11.7 Å². The van der Waals surface area contributed by atoms with Crippen molar-refractivity contribution >= 4 is 12.0 Å². The van der Waals surface area contributed by atoms with Gasteiger partial charge in [-0.05, 0) is 23.8 Å². The molecule has 2 rings (SSSR count). The van der Waals surface area contributed by atoms with Gasteiger partial charge in [0.1, 0.15) is 0 Å². The quantitative estimate of drug-likeness (QED) is 0.475. The summed E-state index contributed by atoms with van der Waals surface area (Å²) in [6.07, 6.45) is 4.20. The Hall–Kier alpha value is -2.43. The van der Waals surface area contributed by atoms with Crippen LogP contribution in [0.3, 0.4) is 0 Å². The van der Waals surface area contributed by atoms with Crippen molar-refractivity contribution in [1.29, 1.82) is 0 Å². The van der Waals surface area contributed by atoms with Gasteiger partial charge in [-0.1, -0.05) is 18.2 Å². The fourth-order valence-electron chi connectivity index (χ4n) is 1.34. The standard InChI is InChI=1S/C12H10O5/c13-9(12(14)15)3-1-2-8-4-5-10-11(6-8)17-7-16-10/h1-6,13H,7H2,(H,14,15)/b2-1+,9-3-. The molecular weight excluding hydrogens is 224 g/mol. The van der Waals surface area contributed by atoms with Gasteiger partial charge in [0.25, 0.3) is 0 Å². The zero-order valence-electron chi connectivity index (χ0n) is 8.79. The normalized spacial score (nSPS) is 14.2. The summed E-state index contributed by atoms with van der Waals surface area (Å²) in [7, 11) is 0. The molecule has 5 heteroatoms. The molecule has 0 spiro atoms. The number of carboxylic acids is 1. The second kappa shape index (κ2) is 4.61. The summed E-state index contributed by atoms with van der Waals surface area (Å²) in [5.41, 5.74) is 0.823. The Labute approximate surface area is 97.2 Å². The van der Waals surface area contributed by atoms with Gasteiger partial charge in [0.2, 0.25) is 12.6 Å². The molecule has 0 saturated carbocycles. The van der Waals surface area contributed by atoms with E-state index in [4.69, 9.17) is 19.7 Å². The van der Waals surface area contributed by atoms with Gasteiger partial charge in [0.05, 0.1) is 0 Å². The fourth-order valence-corrected chi connectivity index (χ4v) is 1.34. The fraction of sp³-hybridized carbons (Fsp3) is 0.0833. The summed E-state index contributed by atoms with van der Waals surface area (Å²) in [5.74, 6) is -0.730. The highest BCUT2D eigenvalue weighted by molar-refractivity contribution is 5.84. The van der Waals surface area contributed by atoms with E-state index in [1.54, 1.807) is 24.3 Å². The molecule has 1 aromatic rings. The van der Waals surface area contributed by atoms with Crippen molar-refractivity contribution in [2.75, 3.05) is 6.79 Å². The second-order valence-corrected chi connectivity index (χ2v) is 3.33. The van der Waals surface area contributed by atoms with Crippen molar-refractivity contribution in [3.63, 3.8) is 0 Å². The van der Waals surface area contributed by atoms with Gasteiger partial charge in [0.15, 0.2) is 11.5 Å². The maximum absolute atomic E-state index is 10.3. The summed E-state index contributed by atoms with van der Waals surface area (Å²) in [6.45, 7) is 0.211. The average Bonchev–Trinajstić information content (AvgIpc) is 2.75. The first-order chi connectivity index (χ1) is 8.16. The van der Waals surface area contributed by atoms with Crippen molar-refractivity contribution in [3.05, 3.63) is 41.7 Å². The summed E-state index contributed by atoms with van der Waals surface area (Å²) < 4.78 is 10.3. The molecule has 0 amide bonds.